The quantitative estimate of drug-likeness (QED) is 0.0269. The Bertz CT molecular complexity index is 2060. The van der Waals surface area contributed by atoms with Gasteiger partial charge in [0.25, 0.3) is 17.7 Å². The summed E-state index contributed by atoms with van der Waals surface area (Å²) in [4.78, 5) is 76.9. The van der Waals surface area contributed by atoms with E-state index in [1.54, 1.807) is 48.5 Å². The van der Waals surface area contributed by atoms with Crippen molar-refractivity contribution in [2.75, 3.05) is 44.6 Å². The highest BCUT2D eigenvalue weighted by molar-refractivity contribution is 6.08. The van der Waals surface area contributed by atoms with Gasteiger partial charge in [-0.1, -0.05) is 6.07 Å². The van der Waals surface area contributed by atoms with Gasteiger partial charge in [0, 0.05) is 72.3 Å². The van der Waals surface area contributed by atoms with Crippen molar-refractivity contribution in [3.8, 4) is 0 Å². The minimum atomic E-state index is -0.719. The summed E-state index contributed by atoms with van der Waals surface area (Å²) < 4.78 is 0. The van der Waals surface area contributed by atoms with E-state index in [2.05, 4.69) is 46.5 Å². The zero-order valence-electron chi connectivity index (χ0n) is 31.0. The summed E-state index contributed by atoms with van der Waals surface area (Å²) in [6.45, 7) is 1.82. The number of anilines is 1. The number of H-pyrrole nitrogens is 2. The molecule has 2 aromatic heterocycles. The molecule has 56 heavy (non-hydrogen) atoms. The molecule has 0 saturated carbocycles. The number of hydrogen-bond donors (Lipinski definition) is 13. The predicted molar refractivity (Wildman–Crippen MR) is 216 cm³/mol. The van der Waals surface area contributed by atoms with Gasteiger partial charge in [0.05, 0.1) is 12.1 Å². The van der Waals surface area contributed by atoms with Crippen molar-refractivity contribution in [2.45, 2.75) is 44.2 Å². The van der Waals surface area contributed by atoms with E-state index < -0.39 is 18.0 Å². The maximum absolute atomic E-state index is 13.2. The Morgan fingerprint density at radius 3 is 1.79 bits per heavy atom. The van der Waals surface area contributed by atoms with Crippen LogP contribution in [0.1, 0.15) is 63.4 Å². The van der Waals surface area contributed by atoms with Crippen LogP contribution in [0.2, 0.25) is 0 Å². The van der Waals surface area contributed by atoms with Crippen LogP contribution in [0.15, 0.2) is 58.5 Å². The molecular weight excluding hydrogens is 722 g/mol. The molecule has 300 valence electrons. The Kier molecular flexibility index (Phi) is 15.5. The molecule has 2 aromatic carbocycles. The molecule has 0 radical (unpaired) electrons. The molecule has 20 heteroatoms. The molecule has 20 nitrogen and oxygen atoms in total. The topological polar surface area (TPSA) is 358 Å². The lowest BCUT2D eigenvalue weighted by molar-refractivity contribution is -0.123. The van der Waals surface area contributed by atoms with Gasteiger partial charge in [-0.15, -0.1) is 0 Å². The lowest BCUT2D eigenvalue weighted by atomic mass is 10.1. The number of hydrogen-bond acceptors (Lipinski definition) is 9. The molecule has 0 bridgehead atoms. The van der Waals surface area contributed by atoms with E-state index in [9.17, 15) is 24.0 Å². The minimum absolute atomic E-state index is 0.00719. The molecule has 19 N–H and O–H groups in total. The number of benzene rings is 2. The van der Waals surface area contributed by atoms with Crippen LogP contribution in [0.4, 0.5) is 5.69 Å². The standard InChI is InChI=1S/C36H51N15O5/c37-24(4-1-10-47-35(39)40)31(53)43-12-3-13-44-33(55)28-17-20-6-8-23(19-27(20)51-28)49-34(56)29-18-22-16-21(7-9-26(22)50-29)30(52)45-14-15-46-32(54)25(38)5-2-11-48-36(41)42/h6-9,16-19,24-25,50-51H,1-5,10-15,37-38H2,(H,43,53)(H,44,55)(H,45,52)(H,46,54)(H,49,56)(H4,39,40,47)(H4,41,42,48)/t24-,25-/m0/s1. The van der Waals surface area contributed by atoms with E-state index in [1.807, 2.05) is 0 Å². The largest absolute Gasteiger partial charge is 0.370 e. The van der Waals surface area contributed by atoms with Crippen LogP contribution in [-0.2, 0) is 9.59 Å². The Labute approximate surface area is 322 Å². The number of fused-ring (bicyclic) bond motifs is 2. The Hall–Kier alpha value is -6.67. The van der Waals surface area contributed by atoms with Crippen LogP contribution in [0, 0.1) is 0 Å². The molecule has 4 aromatic rings. The maximum atomic E-state index is 13.2. The average Bonchev–Trinajstić information content (AvgIpc) is 3.80. The molecule has 4 rings (SSSR count). The number of carbonyl (C=O) groups excluding carboxylic acids is 5. The minimum Gasteiger partial charge on any atom is -0.370 e. The molecule has 0 aliphatic heterocycles. The second-order valence-corrected chi connectivity index (χ2v) is 13.0. The zero-order valence-corrected chi connectivity index (χ0v) is 31.0. The summed E-state index contributed by atoms with van der Waals surface area (Å²) in [7, 11) is 0. The molecule has 0 aliphatic rings. The summed E-state index contributed by atoms with van der Waals surface area (Å²) in [5, 5.41) is 15.3. The molecule has 0 aliphatic carbocycles. The van der Waals surface area contributed by atoms with Gasteiger partial charge >= 0.3 is 0 Å². The third kappa shape index (κ3) is 13.0. The Morgan fingerprint density at radius 2 is 1.12 bits per heavy atom. The van der Waals surface area contributed by atoms with Gasteiger partial charge in [0.15, 0.2) is 11.9 Å². The summed E-state index contributed by atoms with van der Waals surface area (Å²) in [6.07, 6.45) is 2.47. The third-order valence-corrected chi connectivity index (χ3v) is 8.51. The summed E-state index contributed by atoms with van der Waals surface area (Å²) >= 11 is 0. The smallest absolute Gasteiger partial charge is 0.272 e. The first-order chi connectivity index (χ1) is 26.8. The fourth-order valence-electron chi connectivity index (χ4n) is 5.55. The number of guanidine groups is 2. The Morgan fingerprint density at radius 1 is 0.571 bits per heavy atom. The molecular formula is C36H51N15O5. The molecule has 2 atom stereocenters. The van der Waals surface area contributed by atoms with Crippen LogP contribution in [0.5, 0.6) is 0 Å². The lowest BCUT2D eigenvalue weighted by Crippen LogP contribution is -2.43. The number of amides is 5. The van der Waals surface area contributed by atoms with Crippen LogP contribution in [0.25, 0.3) is 21.8 Å². The maximum Gasteiger partial charge on any atom is 0.272 e. The molecule has 0 unspecified atom stereocenters. The highest BCUT2D eigenvalue weighted by Gasteiger charge is 2.16. The van der Waals surface area contributed by atoms with Crippen molar-refractivity contribution in [1.29, 1.82) is 0 Å². The third-order valence-electron chi connectivity index (χ3n) is 8.51. The molecule has 5 amide bonds. The van der Waals surface area contributed by atoms with Gasteiger partial charge in [-0.25, -0.2) is 0 Å². The number of rotatable bonds is 21. The van der Waals surface area contributed by atoms with E-state index in [4.69, 9.17) is 34.4 Å². The van der Waals surface area contributed by atoms with E-state index in [0.717, 1.165) is 5.39 Å². The van der Waals surface area contributed by atoms with E-state index in [-0.39, 0.29) is 54.3 Å². The second kappa shape index (κ2) is 20.7. The average molecular weight is 774 g/mol. The van der Waals surface area contributed by atoms with Crippen molar-refractivity contribution < 1.29 is 24.0 Å². The first kappa shape index (κ1) is 42.1. The van der Waals surface area contributed by atoms with E-state index >= 15 is 0 Å². The van der Waals surface area contributed by atoms with E-state index in [1.165, 1.54) is 0 Å². The molecule has 0 spiro atoms. The van der Waals surface area contributed by atoms with Crippen molar-refractivity contribution in [2.24, 2.45) is 44.4 Å². The van der Waals surface area contributed by atoms with Gasteiger partial charge in [-0.2, -0.15) is 0 Å². The van der Waals surface area contributed by atoms with E-state index in [0.29, 0.717) is 91.6 Å². The monoisotopic (exact) mass is 773 g/mol. The van der Waals surface area contributed by atoms with Crippen LogP contribution >= 0.6 is 0 Å². The van der Waals surface area contributed by atoms with Gasteiger partial charge < -0.3 is 71.0 Å². The summed E-state index contributed by atoms with van der Waals surface area (Å²) in [6, 6.07) is 12.2. The highest BCUT2D eigenvalue weighted by atomic mass is 16.2. The number of aromatic nitrogens is 2. The van der Waals surface area contributed by atoms with Crippen LogP contribution < -0.4 is 61.0 Å². The fourth-order valence-corrected chi connectivity index (χ4v) is 5.55. The number of aromatic amines is 2. The number of aliphatic imine (C=N–C) groups is 2. The van der Waals surface area contributed by atoms with Crippen molar-refractivity contribution >= 4 is 68.9 Å². The fraction of sp³-hybridized carbons (Fsp3) is 0.361. The van der Waals surface area contributed by atoms with Crippen LogP contribution in [-0.4, -0.2) is 103 Å². The van der Waals surface area contributed by atoms with Crippen molar-refractivity contribution in [1.82, 2.24) is 31.2 Å². The lowest BCUT2D eigenvalue weighted by Gasteiger charge is -2.12. The predicted octanol–water partition coefficient (Wildman–Crippen LogP) is -1.25. The first-order valence-electron chi connectivity index (χ1n) is 18.1. The zero-order chi connectivity index (χ0) is 40.6. The normalized spacial score (nSPS) is 12.0. The Balaban J connectivity index is 1.20. The number of nitrogens with zero attached hydrogens (tertiary/aromatic N) is 2. The first-order valence-corrected chi connectivity index (χ1v) is 18.1. The molecule has 2 heterocycles. The van der Waals surface area contributed by atoms with Crippen molar-refractivity contribution in [3.63, 3.8) is 0 Å². The van der Waals surface area contributed by atoms with Gasteiger partial charge in [0.2, 0.25) is 11.8 Å². The van der Waals surface area contributed by atoms with Gasteiger partial charge in [-0.05, 0) is 74.6 Å². The summed E-state index contributed by atoms with van der Waals surface area (Å²) in [5.41, 5.74) is 35.7. The molecule has 0 fully saturated rings. The van der Waals surface area contributed by atoms with Crippen molar-refractivity contribution in [3.05, 3.63) is 65.5 Å². The summed E-state index contributed by atoms with van der Waals surface area (Å²) in [5.74, 6) is -1.72. The highest BCUT2D eigenvalue weighted by Crippen LogP contribution is 2.22. The second-order valence-electron chi connectivity index (χ2n) is 13.0. The van der Waals surface area contributed by atoms with Gasteiger partial charge in [0.1, 0.15) is 11.4 Å². The van der Waals surface area contributed by atoms with Crippen LogP contribution in [0.3, 0.4) is 0 Å². The SMILES string of the molecule is NC(N)=NCCC[C@H](N)C(=O)NCCCNC(=O)c1cc2ccc(NC(=O)c3cc4cc(C(=O)NCCNC(=O)[C@@H](N)CCCN=C(N)N)ccc4[nH]3)cc2[nH]1. The molecule has 0 saturated heterocycles. The van der Waals surface area contributed by atoms with Gasteiger partial charge in [-0.3, -0.25) is 34.0 Å². The number of nitrogens with two attached hydrogens (primary N) is 6. The number of nitrogens with one attached hydrogen (secondary N) is 7. The number of carbonyl (C=O) groups is 5.